The summed E-state index contributed by atoms with van der Waals surface area (Å²) in [4.78, 5) is 33.5. The van der Waals surface area contributed by atoms with E-state index in [-0.39, 0.29) is 17.7 Å². The van der Waals surface area contributed by atoms with Crippen LogP contribution >= 0.6 is 0 Å². The molecule has 0 aromatic heterocycles. The van der Waals surface area contributed by atoms with Crippen molar-refractivity contribution in [3.8, 4) is 0 Å². The molecule has 1 aromatic carbocycles. The van der Waals surface area contributed by atoms with Gasteiger partial charge < -0.3 is 10.4 Å². The maximum absolute atomic E-state index is 12.3. The number of carboxylic acids is 1. The van der Waals surface area contributed by atoms with E-state index in [0.29, 0.717) is 19.4 Å². The molecule has 0 aliphatic carbocycles. The Kier molecular flexibility index (Phi) is 5.38. The van der Waals surface area contributed by atoms with Crippen LogP contribution in [0.25, 0.3) is 0 Å². The molecule has 11 heteroatoms. The van der Waals surface area contributed by atoms with Gasteiger partial charge in [0.25, 0.3) is 11.6 Å². The van der Waals surface area contributed by atoms with Gasteiger partial charge in [0.2, 0.25) is 10.0 Å². The first-order valence-electron chi connectivity index (χ1n) is 7.36. The van der Waals surface area contributed by atoms with Crippen molar-refractivity contribution in [3.05, 3.63) is 39.4 Å². The van der Waals surface area contributed by atoms with E-state index < -0.39 is 38.6 Å². The standard InChI is InChI=1S/C14H17N3O7S/c1-25(23,24)16-4-2-3-11(8-16)15-13(18)9-5-10(14(19)20)7-12(6-9)17(21)22/h5-7,11H,2-4,8H2,1H3,(H,15,18)(H,19,20). The molecule has 0 saturated carbocycles. The number of nitrogens with zero attached hydrogens (tertiary/aromatic N) is 2. The van der Waals surface area contributed by atoms with Crippen LogP contribution in [0, 0.1) is 10.1 Å². The lowest BCUT2D eigenvalue weighted by Gasteiger charge is -2.31. The molecular weight excluding hydrogens is 354 g/mol. The summed E-state index contributed by atoms with van der Waals surface area (Å²) in [6.45, 7) is 0.469. The van der Waals surface area contributed by atoms with Gasteiger partial charge in [-0.05, 0) is 18.9 Å². The molecule has 1 heterocycles. The zero-order valence-electron chi connectivity index (χ0n) is 13.3. The third-order valence-corrected chi connectivity index (χ3v) is 5.10. The third-order valence-electron chi connectivity index (χ3n) is 3.83. The number of nitrogens with one attached hydrogen (secondary N) is 1. The number of non-ortho nitro benzene ring substituents is 1. The van der Waals surface area contributed by atoms with E-state index in [2.05, 4.69) is 5.32 Å². The molecule has 1 atom stereocenters. The van der Waals surface area contributed by atoms with Crippen LogP contribution in [0.1, 0.15) is 33.6 Å². The van der Waals surface area contributed by atoms with Crippen molar-refractivity contribution in [2.75, 3.05) is 19.3 Å². The van der Waals surface area contributed by atoms with Crippen molar-refractivity contribution >= 4 is 27.6 Å². The number of nitro groups is 1. The Morgan fingerprint density at radius 2 is 1.96 bits per heavy atom. The molecule has 0 bridgehead atoms. The second-order valence-corrected chi connectivity index (χ2v) is 7.75. The maximum atomic E-state index is 12.3. The molecule has 0 spiro atoms. The van der Waals surface area contributed by atoms with Crippen LogP contribution in [0.4, 0.5) is 5.69 Å². The van der Waals surface area contributed by atoms with Crippen LogP contribution in [0.2, 0.25) is 0 Å². The number of aromatic carboxylic acids is 1. The fourth-order valence-corrected chi connectivity index (χ4v) is 3.51. The maximum Gasteiger partial charge on any atom is 0.335 e. The summed E-state index contributed by atoms with van der Waals surface area (Å²) in [7, 11) is -3.38. The summed E-state index contributed by atoms with van der Waals surface area (Å²) < 4.78 is 24.4. The third kappa shape index (κ3) is 4.73. The summed E-state index contributed by atoms with van der Waals surface area (Å²) in [5.41, 5.74) is -1.05. The van der Waals surface area contributed by atoms with Crippen LogP contribution in [0.3, 0.4) is 0 Å². The highest BCUT2D eigenvalue weighted by Crippen LogP contribution is 2.19. The smallest absolute Gasteiger partial charge is 0.335 e. The topological polar surface area (TPSA) is 147 Å². The molecule has 1 amide bonds. The van der Waals surface area contributed by atoms with Crippen molar-refractivity contribution in [1.82, 2.24) is 9.62 Å². The molecule has 2 rings (SSSR count). The van der Waals surface area contributed by atoms with E-state index in [9.17, 15) is 28.1 Å². The van der Waals surface area contributed by atoms with E-state index in [1.54, 1.807) is 0 Å². The number of nitro benzene ring substituents is 1. The Morgan fingerprint density at radius 3 is 2.52 bits per heavy atom. The molecular formula is C14H17N3O7S. The normalized spacial score (nSPS) is 18.5. The van der Waals surface area contributed by atoms with Gasteiger partial charge in [-0.1, -0.05) is 0 Å². The summed E-state index contributed by atoms with van der Waals surface area (Å²) in [6, 6.07) is 2.44. The number of carboxylic acid groups (broad SMARTS) is 1. The quantitative estimate of drug-likeness (QED) is 0.564. The van der Waals surface area contributed by atoms with Crippen LogP contribution < -0.4 is 5.32 Å². The lowest BCUT2D eigenvalue weighted by Crippen LogP contribution is -2.49. The zero-order chi connectivity index (χ0) is 18.8. The average Bonchev–Trinajstić information content (AvgIpc) is 2.53. The van der Waals surface area contributed by atoms with Crippen LogP contribution in [-0.2, 0) is 10.0 Å². The molecule has 1 aliphatic heterocycles. The van der Waals surface area contributed by atoms with E-state index in [1.807, 2.05) is 0 Å². The summed E-state index contributed by atoms with van der Waals surface area (Å²) >= 11 is 0. The van der Waals surface area contributed by atoms with Crippen molar-refractivity contribution in [2.45, 2.75) is 18.9 Å². The molecule has 10 nitrogen and oxygen atoms in total. The van der Waals surface area contributed by atoms with E-state index in [0.717, 1.165) is 24.5 Å². The predicted molar refractivity (Wildman–Crippen MR) is 87.0 cm³/mol. The molecule has 2 N–H and O–H groups in total. The van der Waals surface area contributed by atoms with Crippen molar-refractivity contribution in [2.24, 2.45) is 0 Å². The van der Waals surface area contributed by atoms with Gasteiger partial charge in [-0.15, -0.1) is 0 Å². The number of carbonyl (C=O) groups excluding carboxylic acids is 1. The van der Waals surface area contributed by atoms with Gasteiger partial charge in [-0.2, -0.15) is 0 Å². The van der Waals surface area contributed by atoms with E-state index >= 15 is 0 Å². The summed E-state index contributed by atoms with van der Waals surface area (Å²) in [6.07, 6.45) is 2.20. The summed E-state index contributed by atoms with van der Waals surface area (Å²) in [5, 5.41) is 22.5. The Morgan fingerprint density at radius 1 is 1.32 bits per heavy atom. The summed E-state index contributed by atoms with van der Waals surface area (Å²) in [5.74, 6) is -2.08. The molecule has 136 valence electrons. The van der Waals surface area contributed by atoms with Gasteiger partial charge in [0, 0.05) is 36.8 Å². The monoisotopic (exact) mass is 371 g/mol. The van der Waals surface area contributed by atoms with Gasteiger partial charge in [0.15, 0.2) is 0 Å². The highest BCUT2D eigenvalue weighted by atomic mass is 32.2. The highest BCUT2D eigenvalue weighted by Gasteiger charge is 2.27. The van der Waals surface area contributed by atoms with Crippen molar-refractivity contribution in [1.29, 1.82) is 0 Å². The fourth-order valence-electron chi connectivity index (χ4n) is 2.60. The number of rotatable bonds is 5. The molecule has 1 fully saturated rings. The number of benzene rings is 1. The van der Waals surface area contributed by atoms with Crippen molar-refractivity contribution in [3.63, 3.8) is 0 Å². The minimum absolute atomic E-state index is 0.102. The Bertz CT molecular complexity index is 789. The van der Waals surface area contributed by atoms with Crippen LogP contribution in [-0.4, -0.2) is 60.0 Å². The van der Waals surface area contributed by atoms with E-state index in [4.69, 9.17) is 5.11 Å². The van der Waals surface area contributed by atoms with Crippen LogP contribution in [0.5, 0.6) is 0 Å². The van der Waals surface area contributed by atoms with Gasteiger partial charge in [0.1, 0.15) is 0 Å². The lowest BCUT2D eigenvalue weighted by atomic mass is 10.1. The first-order chi connectivity index (χ1) is 11.6. The number of hydrogen-bond donors (Lipinski definition) is 2. The number of amides is 1. The Hall–Kier alpha value is -2.53. The molecule has 25 heavy (non-hydrogen) atoms. The second kappa shape index (κ2) is 7.15. The Balaban J connectivity index is 2.20. The lowest BCUT2D eigenvalue weighted by molar-refractivity contribution is -0.384. The molecule has 0 radical (unpaired) electrons. The first-order valence-corrected chi connectivity index (χ1v) is 9.21. The largest absolute Gasteiger partial charge is 0.478 e. The SMILES string of the molecule is CS(=O)(=O)N1CCCC(NC(=O)c2cc(C(=O)O)cc([N+](=O)[O-])c2)C1. The Labute approximate surface area is 143 Å². The number of hydrogen-bond acceptors (Lipinski definition) is 6. The molecule has 1 saturated heterocycles. The first kappa shape index (κ1) is 18.8. The van der Waals surface area contributed by atoms with Crippen LogP contribution in [0.15, 0.2) is 18.2 Å². The number of piperidine rings is 1. The minimum Gasteiger partial charge on any atom is -0.478 e. The van der Waals surface area contributed by atoms with Gasteiger partial charge in [-0.3, -0.25) is 14.9 Å². The van der Waals surface area contributed by atoms with Gasteiger partial charge in [-0.25, -0.2) is 17.5 Å². The highest BCUT2D eigenvalue weighted by molar-refractivity contribution is 7.88. The zero-order valence-corrected chi connectivity index (χ0v) is 14.2. The predicted octanol–water partition coefficient (Wildman–Crippen LogP) is 0.447. The average molecular weight is 371 g/mol. The molecule has 1 aromatic rings. The fraction of sp³-hybridized carbons (Fsp3) is 0.429. The number of carbonyl (C=O) groups is 2. The molecule has 1 aliphatic rings. The van der Waals surface area contributed by atoms with Gasteiger partial charge >= 0.3 is 5.97 Å². The molecule has 1 unspecified atom stereocenters. The second-order valence-electron chi connectivity index (χ2n) is 5.76. The van der Waals surface area contributed by atoms with Gasteiger partial charge in [0.05, 0.1) is 16.7 Å². The number of sulfonamides is 1. The minimum atomic E-state index is -3.38. The van der Waals surface area contributed by atoms with Crippen molar-refractivity contribution < 1.29 is 28.0 Å². The van der Waals surface area contributed by atoms with E-state index in [1.165, 1.54) is 4.31 Å².